The molecule has 0 unspecified atom stereocenters. The Morgan fingerprint density at radius 2 is 1.90 bits per heavy atom. The van der Waals surface area contributed by atoms with Gasteiger partial charge in [0, 0.05) is 6.20 Å². The number of nitrogens with zero attached hydrogens (tertiary/aromatic N) is 1. The van der Waals surface area contributed by atoms with Crippen molar-refractivity contribution in [3.63, 3.8) is 0 Å². The fraction of sp³-hybridized carbons (Fsp3) is 0.143. The van der Waals surface area contributed by atoms with Gasteiger partial charge in [0.05, 0.1) is 17.8 Å². The number of amides is 1. The van der Waals surface area contributed by atoms with Crippen LogP contribution in [-0.4, -0.2) is 28.0 Å². The van der Waals surface area contributed by atoms with Gasteiger partial charge < -0.3 is 15.0 Å². The lowest BCUT2D eigenvalue weighted by Crippen LogP contribution is -2.20. The number of carbonyl (C=O) groups excluding carboxylic acids is 1. The van der Waals surface area contributed by atoms with Gasteiger partial charge in [0.1, 0.15) is 5.69 Å². The van der Waals surface area contributed by atoms with E-state index in [0.717, 1.165) is 4.57 Å². The predicted molar refractivity (Wildman–Crippen MR) is 71.8 cm³/mol. The first kappa shape index (κ1) is 14.7. The summed E-state index contributed by atoms with van der Waals surface area (Å²) >= 11 is 0. The lowest BCUT2D eigenvalue weighted by Gasteiger charge is -2.11. The predicted octanol–water partition coefficient (Wildman–Crippen LogP) is 2.70. The van der Waals surface area contributed by atoms with Crippen molar-refractivity contribution in [3.8, 4) is 0 Å². The number of hydrogen-bond donors (Lipinski definition) is 2. The summed E-state index contributed by atoms with van der Waals surface area (Å²) in [5.74, 6) is -1.83. The summed E-state index contributed by atoms with van der Waals surface area (Å²) in [6.07, 6.45) is -1.22. The Kier molecular flexibility index (Phi) is 4.32. The molecule has 0 atom stereocenters. The molecule has 0 saturated carbocycles. The molecule has 0 aliphatic carbocycles. The van der Waals surface area contributed by atoms with Crippen molar-refractivity contribution in [1.82, 2.24) is 4.57 Å². The Morgan fingerprint density at radius 1 is 1.19 bits per heavy atom. The van der Waals surface area contributed by atoms with E-state index in [0.29, 0.717) is 0 Å². The number of rotatable bonds is 5. The number of nitrogens with one attached hydrogen (secondary N) is 1. The minimum absolute atomic E-state index is 0.0375. The topological polar surface area (TPSA) is 71.3 Å². The molecule has 2 rings (SSSR count). The number of aromatic nitrogens is 1. The van der Waals surface area contributed by atoms with Gasteiger partial charge >= 0.3 is 5.97 Å². The number of carboxylic acids is 1. The molecule has 1 amide bonds. The molecule has 110 valence electrons. The maximum atomic E-state index is 12.4. The van der Waals surface area contributed by atoms with Gasteiger partial charge in [-0.3, -0.25) is 4.79 Å². The smallest absolute Gasteiger partial charge is 0.337 e. The van der Waals surface area contributed by atoms with Crippen LogP contribution in [0.1, 0.15) is 20.8 Å². The number of carbonyl (C=O) groups is 2. The Bertz CT molecular complexity index is 668. The van der Waals surface area contributed by atoms with Gasteiger partial charge in [-0.1, -0.05) is 12.1 Å². The first-order valence-corrected chi connectivity index (χ1v) is 6.06. The highest BCUT2D eigenvalue weighted by Gasteiger charge is 2.16. The molecule has 1 heterocycles. The van der Waals surface area contributed by atoms with Crippen molar-refractivity contribution in [2.75, 3.05) is 5.32 Å². The van der Waals surface area contributed by atoms with Crippen molar-refractivity contribution in [2.24, 2.45) is 0 Å². The van der Waals surface area contributed by atoms with E-state index >= 15 is 0 Å². The van der Waals surface area contributed by atoms with E-state index in [-0.39, 0.29) is 16.9 Å². The lowest BCUT2D eigenvalue weighted by atomic mass is 10.2. The highest BCUT2D eigenvalue weighted by Crippen LogP contribution is 2.16. The van der Waals surface area contributed by atoms with Gasteiger partial charge in [-0.25, -0.2) is 13.6 Å². The van der Waals surface area contributed by atoms with Gasteiger partial charge in [-0.2, -0.15) is 0 Å². The SMILES string of the molecule is O=C(O)c1ccccc1NC(=O)c1cccn1CC(F)F. The molecule has 0 bridgehead atoms. The van der Waals surface area contributed by atoms with Crippen LogP contribution in [-0.2, 0) is 6.54 Å². The number of hydrogen-bond acceptors (Lipinski definition) is 2. The molecule has 1 aromatic heterocycles. The number of anilines is 1. The first-order chi connectivity index (χ1) is 9.99. The van der Waals surface area contributed by atoms with Crippen LogP contribution < -0.4 is 5.32 Å². The fourth-order valence-corrected chi connectivity index (χ4v) is 1.89. The van der Waals surface area contributed by atoms with E-state index in [1.165, 1.54) is 36.5 Å². The zero-order valence-corrected chi connectivity index (χ0v) is 10.8. The zero-order valence-electron chi connectivity index (χ0n) is 10.8. The summed E-state index contributed by atoms with van der Waals surface area (Å²) in [5, 5.41) is 11.4. The van der Waals surface area contributed by atoms with Crippen LogP contribution in [0, 0.1) is 0 Å². The summed E-state index contributed by atoms with van der Waals surface area (Å²) in [4.78, 5) is 23.1. The van der Waals surface area contributed by atoms with Crippen molar-refractivity contribution < 1.29 is 23.5 Å². The van der Waals surface area contributed by atoms with Crippen LogP contribution in [0.15, 0.2) is 42.6 Å². The molecule has 2 N–H and O–H groups in total. The molecule has 0 spiro atoms. The average molecular weight is 294 g/mol. The normalized spacial score (nSPS) is 10.6. The second-order valence-electron chi connectivity index (χ2n) is 4.24. The summed E-state index contributed by atoms with van der Waals surface area (Å²) in [6, 6.07) is 8.73. The van der Waals surface area contributed by atoms with Crippen LogP contribution in [0.4, 0.5) is 14.5 Å². The van der Waals surface area contributed by atoms with Gasteiger partial charge in [0.15, 0.2) is 0 Å². The lowest BCUT2D eigenvalue weighted by molar-refractivity contribution is 0.0698. The highest BCUT2D eigenvalue weighted by atomic mass is 19.3. The minimum atomic E-state index is -2.59. The number of carboxylic acid groups (broad SMARTS) is 1. The summed E-state index contributed by atoms with van der Waals surface area (Å²) in [7, 11) is 0. The van der Waals surface area contributed by atoms with Gasteiger partial charge in [-0.05, 0) is 24.3 Å². The fourth-order valence-electron chi connectivity index (χ4n) is 1.89. The molecular weight excluding hydrogens is 282 g/mol. The maximum Gasteiger partial charge on any atom is 0.337 e. The molecule has 0 aliphatic rings. The van der Waals surface area contributed by atoms with E-state index in [2.05, 4.69) is 5.32 Å². The molecule has 5 nitrogen and oxygen atoms in total. The summed E-state index contributed by atoms with van der Waals surface area (Å²) in [6.45, 7) is -0.601. The maximum absolute atomic E-state index is 12.4. The second kappa shape index (κ2) is 6.17. The number of benzene rings is 1. The van der Waals surface area contributed by atoms with Crippen molar-refractivity contribution >= 4 is 17.6 Å². The third-order valence-electron chi connectivity index (χ3n) is 2.80. The first-order valence-electron chi connectivity index (χ1n) is 6.06. The van der Waals surface area contributed by atoms with E-state index in [1.54, 1.807) is 6.07 Å². The van der Waals surface area contributed by atoms with Gasteiger partial charge in [0.2, 0.25) is 0 Å². The molecule has 7 heteroatoms. The highest BCUT2D eigenvalue weighted by molar-refractivity contribution is 6.06. The van der Waals surface area contributed by atoms with Crippen LogP contribution >= 0.6 is 0 Å². The number of halogens is 2. The van der Waals surface area contributed by atoms with E-state index in [9.17, 15) is 18.4 Å². The Hall–Kier alpha value is -2.70. The van der Waals surface area contributed by atoms with Gasteiger partial charge in [0.25, 0.3) is 12.3 Å². The van der Waals surface area contributed by atoms with E-state index in [4.69, 9.17) is 5.11 Å². The van der Waals surface area contributed by atoms with E-state index in [1.807, 2.05) is 0 Å². The Balaban J connectivity index is 2.23. The van der Waals surface area contributed by atoms with Crippen LogP contribution in [0.2, 0.25) is 0 Å². The van der Waals surface area contributed by atoms with Crippen LogP contribution in [0.25, 0.3) is 0 Å². The minimum Gasteiger partial charge on any atom is -0.478 e. The molecule has 0 aliphatic heterocycles. The largest absolute Gasteiger partial charge is 0.478 e. The molecule has 0 saturated heterocycles. The van der Waals surface area contributed by atoms with Crippen molar-refractivity contribution in [3.05, 3.63) is 53.9 Å². The summed E-state index contributed by atoms with van der Waals surface area (Å²) < 4.78 is 25.9. The Morgan fingerprint density at radius 3 is 2.57 bits per heavy atom. The number of aromatic carboxylic acids is 1. The van der Waals surface area contributed by atoms with Crippen LogP contribution in [0.3, 0.4) is 0 Å². The molecule has 21 heavy (non-hydrogen) atoms. The molecule has 0 fully saturated rings. The molecular formula is C14H12F2N2O3. The third-order valence-corrected chi connectivity index (χ3v) is 2.80. The van der Waals surface area contributed by atoms with E-state index < -0.39 is 24.8 Å². The monoisotopic (exact) mass is 294 g/mol. The number of alkyl halides is 2. The second-order valence-corrected chi connectivity index (χ2v) is 4.24. The third kappa shape index (κ3) is 3.44. The average Bonchev–Trinajstić information content (AvgIpc) is 2.86. The van der Waals surface area contributed by atoms with Crippen LogP contribution in [0.5, 0.6) is 0 Å². The van der Waals surface area contributed by atoms with Crippen molar-refractivity contribution in [1.29, 1.82) is 0 Å². The molecule has 0 radical (unpaired) electrons. The standard InChI is InChI=1S/C14H12F2N2O3/c15-12(16)8-18-7-3-6-11(18)13(19)17-10-5-2-1-4-9(10)14(20)21/h1-7,12H,8H2,(H,17,19)(H,20,21). The molecule has 2 aromatic rings. The Labute approximate surface area is 118 Å². The van der Waals surface area contributed by atoms with Crippen molar-refractivity contribution in [2.45, 2.75) is 13.0 Å². The van der Waals surface area contributed by atoms with Gasteiger partial charge in [-0.15, -0.1) is 0 Å². The molecule has 1 aromatic carbocycles. The quantitative estimate of drug-likeness (QED) is 0.890. The number of para-hydroxylation sites is 1. The zero-order chi connectivity index (χ0) is 15.4. The summed E-state index contributed by atoms with van der Waals surface area (Å²) in [5.41, 5.74) is 0.0769.